The minimum atomic E-state index is -0.765. The van der Waals surface area contributed by atoms with Gasteiger partial charge in [-0.05, 0) is 39.2 Å². The van der Waals surface area contributed by atoms with Crippen molar-refractivity contribution < 1.29 is 28.2 Å². The molecule has 0 fully saturated rings. The van der Waals surface area contributed by atoms with E-state index in [9.17, 15) is 23.5 Å². The Morgan fingerprint density at radius 3 is 2.74 bits per heavy atom. The fourth-order valence-corrected chi connectivity index (χ4v) is 3.85. The van der Waals surface area contributed by atoms with Crippen molar-refractivity contribution in [3.63, 3.8) is 0 Å². The predicted octanol–water partition coefficient (Wildman–Crippen LogP) is 2.66. The summed E-state index contributed by atoms with van der Waals surface area (Å²) >= 11 is 0. The zero-order valence-electron chi connectivity index (χ0n) is 22.2. The number of urea groups is 1. The van der Waals surface area contributed by atoms with Gasteiger partial charge in [-0.25, -0.2) is 18.6 Å². The molecule has 1 aromatic heterocycles. The first kappa shape index (κ1) is 28.8. The van der Waals surface area contributed by atoms with Crippen LogP contribution in [0.3, 0.4) is 0 Å². The average molecular weight is 530 g/mol. The number of fused-ring (bicyclic) bond motifs is 1. The number of carbonyl (C=O) groups is 2. The number of hydrogen-bond acceptors (Lipinski definition) is 6. The molecule has 204 valence electrons. The number of halogens is 2. The molecule has 0 saturated heterocycles. The van der Waals surface area contributed by atoms with Crippen molar-refractivity contribution in [2.45, 2.75) is 26.0 Å². The van der Waals surface area contributed by atoms with E-state index in [1.165, 1.54) is 18.1 Å². The number of rotatable bonds is 6. The minimum Gasteiger partial charge on any atom is -0.472 e. The number of ether oxygens (including phenoxy) is 1. The highest BCUT2D eigenvalue weighted by molar-refractivity contribution is 5.97. The highest BCUT2D eigenvalue weighted by Crippen LogP contribution is 2.27. The van der Waals surface area contributed by atoms with Crippen molar-refractivity contribution in [2.24, 2.45) is 5.92 Å². The molecule has 2 N–H and O–H groups in total. The van der Waals surface area contributed by atoms with Crippen molar-refractivity contribution >= 4 is 17.6 Å². The summed E-state index contributed by atoms with van der Waals surface area (Å²) in [5.74, 6) is 4.02. The molecular formula is C27H33F2N5O4. The summed E-state index contributed by atoms with van der Waals surface area (Å²) in [6.07, 6.45) is 0.905. The van der Waals surface area contributed by atoms with Gasteiger partial charge in [0.15, 0.2) is 0 Å². The molecule has 0 aliphatic carbocycles. The number of anilines is 1. The predicted molar refractivity (Wildman–Crippen MR) is 139 cm³/mol. The molecule has 0 saturated carbocycles. The van der Waals surface area contributed by atoms with E-state index in [-0.39, 0.29) is 48.7 Å². The number of aliphatic hydroxyl groups excluding tert-OH is 1. The van der Waals surface area contributed by atoms with Gasteiger partial charge >= 0.3 is 6.03 Å². The molecule has 1 aliphatic heterocycles. The lowest BCUT2D eigenvalue weighted by Crippen LogP contribution is -2.50. The molecule has 0 radical (unpaired) electrons. The van der Waals surface area contributed by atoms with Gasteiger partial charge in [-0.15, -0.1) is 0 Å². The second kappa shape index (κ2) is 12.7. The smallest absolute Gasteiger partial charge is 0.321 e. The lowest BCUT2D eigenvalue weighted by Gasteiger charge is -2.37. The van der Waals surface area contributed by atoms with Crippen LogP contribution in [0.25, 0.3) is 0 Å². The number of nitrogens with one attached hydrogen (secondary N) is 1. The van der Waals surface area contributed by atoms with Crippen LogP contribution in [0.1, 0.15) is 29.8 Å². The van der Waals surface area contributed by atoms with Crippen LogP contribution in [0.15, 0.2) is 30.5 Å². The number of carbonyl (C=O) groups excluding carboxylic acids is 2. The van der Waals surface area contributed by atoms with Crippen molar-refractivity contribution in [3.05, 3.63) is 53.2 Å². The summed E-state index contributed by atoms with van der Waals surface area (Å²) in [4.78, 5) is 35.3. The molecule has 2 aromatic rings. The number of hydrogen-bond donors (Lipinski definition) is 2. The molecule has 9 nitrogen and oxygen atoms in total. The second-order valence-corrected chi connectivity index (χ2v) is 9.67. The van der Waals surface area contributed by atoms with Crippen LogP contribution < -0.4 is 10.1 Å². The number of benzene rings is 1. The summed E-state index contributed by atoms with van der Waals surface area (Å²) in [6.45, 7) is 4.20. The van der Waals surface area contributed by atoms with Crippen LogP contribution in [-0.2, 0) is 0 Å². The normalized spacial score (nSPS) is 17.9. The third kappa shape index (κ3) is 7.18. The summed E-state index contributed by atoms with van der Waals surface area (Å²) in [6, 6.07) is 3.26. The molecule has 38 heavy (non-hydrogen) atoms. The maximum atomic E-state index is 14.0. The Bertz CT molecular complexity index is 1230. The summed E-state index contributed by atoms with van der Waals surface area (Å²) in [5.41, 5.74) is 0.461. The van der Waals surface area contributed by atoms with Gasteiger partial charge in [0.1, 0.15) is 23.3 Å². The van der Waals surface area contributed by atoms with E-state index in [1.807, 2.05) is 25.9 Å². The highest BCUT2D eigenvalue weighted by atomic mass is 19.1. The Labute approximate surface area is 221 Å². The van der Waals surface area contributed by atoms with Gasteiger partial charge in [0.25, 0.3) is 5.91 Å². The highest BCUT2D eigenvalue weighted by Gasteiger charge is 2.34. The lowest BCUT2D eigenvalue weighted by atomic mass is 10.00. The summed E-state index contributed by atoms with van der Waals surface area (Å²) in [5, 5.41) is 12.2. The zero-order chi connectivity index (χ0) is 28.0. The van der Waals surface area contributed by atoms with E-state index >= 15 is 0 Å². The van der Waals surface area contributed by atoms with E-state index in [0.717, 1.165) is 18.2 Å². The number of aliphatic hydroxyl groups is 1. The Morgan fingerprint density at radius 2 is 2.05 bits per heavy atom. The topological polar surface area (TPSA) is 98.2 Å². The molecular weight excluding hydrogens is 496 g/mol. The van der Waals surface area contributed by atoms with Gasteiger partial charge in [0.05, 0.1) is 31.4 Å². The Balaban J connectivity index is 1.88. The maximum absolute atomic E-state index is 14.0. The van der Waals surface area contributed by atoms with Gasteiger partial charge < -0.3 is 25.0 Å². The van der Waals surface area contributed by atoms with Gasteiger partial charge in [0, 0.05) is 37.3 Å². The molecule has 0 spiro atoms. The Kier molecular flexibility index (Phi) is 9.61. The molecule has 3 atom stereocenters. The molecule has 3 amide bonds. The third-order valence-corrected chi connectivity index (χ3v) is 6.12. The average Bonchev–Trinajstić information content (AvgIpc) is 2.87. The zero-order valence-corrected chi connectivity index (χ0v) is 22.2. The summed E-state index contributed by atoms with van der Waals surface area (Å²) < 4.78 is 33.7. The maximum Gasteiger partial charge on any atom is 0.321 e. The van der Waals surface area contributed by atoms with Gasteiger partial charge in [-0.1, -0.05) is 18.8 Å². The quantitative estimate of drug-likeness (QED) is 0.559. The Morgan fingerprint density at radius 1 is 1.32 bits per heavy atom. The third-order valence-electron chi connectivity index (χ3n) is 6.12. The van der Waals surface area contributed by atoms with Gasteiger partial charge in [-0.3, -0.25) is 9.69 Å². The molecule has 1 aromatic carbocycles. The van der Waals surface area contributed by atoms with E-state index in [1.54, 1.807) is 17.9 Å². The molecule has 11 heteroatoms. The van der Waals surface area contributed by atoms with Crippen LogP contribution in [0.4, 0.5) is 19.3 Å². The van der Waals surface area contributed by atoms with E-state index in [2.05, 4.69) is 22.1 Å². The van der Waals surface area contributed by atoms with Crippen molar-refractivity contribution in [2.75, 3.05) is 52.7 Å². The number of likely N-dealkylation sites (N-methyl/N-ethyl adjacent to an activating group) is 1. The molecule has 1 aliphatic rings. The van der Waals surface area contributed by atoms with Gasteiger partial charge in [-0.2, -0.15) is 0 Å². The van der Waals surface area contributed by atoms with Crippen molar-refractivity contribution in [3.8, 4) is 17.7 Å². The Hall–Kier alpha value is -3.75. The van der Waals surface area contributed by atoms with Crippen LogP contribution in [-0.4, -0.2) is 96.3 Å². The standard InChI is InChI=1S/C27H33F2N5O4/c1-17-14-34(18(2)16-35)26(36)21-11-19(7-6-10-32(3)4)13-30-25(21)38-24(17)15-33(5)27(37)31-23-12-20(28)8-9-22(23)29/h8-9,11-13,17-18,24,35H,10,14-16H2,1-5H3,(H,31,37)/t17-,18+,24-/m0/s1. The van der Waals surface area contributed by atoms with E-state index < -0.39 is 29.8 Å². The first-order valence-electron chi connectivity index (χ1n) is 12.2. The van der Waals surface area contributed by atoms with Crippen LogP contribution in [0.2, 0.25) is 0 Å². The molecule has 3 rings (SSSR count). The molecule has 2 heterocycles. The van der Waals surface area contributed by atoms with Crippen molar-refractivity contribution in [1.29, 1.82) is 0 Å². The fraction of sp³-hybridized carbons (Fsp3) is 0.444. The van der Waals surface area contributed by atoms with E-state index in [4.69, 9.17) is 4.74 Å². The number of amides is 3. The van der Waals surface area contributed by atoms with Crippen LogP contribution in [0.5, 0.6) is 5.88 Å². The van der Waals surface area contributed by atoms with Gasteiger partial charge in [0.2, 0.25) is 5.88 Å². The van der Waals surface area contributed by atoms with Crippen molar-refractivity contribution in [1.82, 2.24) is 19.7 Å². The first-order valence-corrected chi connectivity index (χ1v) is 12.2. The van der Waals surface area contributed by atoms with Crippen LogP contribution in [0, 0.1) is 29.4 Å². The largest absolute Gasteiger partial charge is 0.472 e. The number of nitrogens with zero attached hydrogens (tertiary/aromatic N) is 4. The SMILES string of the molecule is C[C@H](CO)N1C[C@H](C)[C@H](CN(C)C(=O)Nc2cc(F)ccc2F)Oc2ncc(C#CCN(C)C)cc2C1=O. The minimum absolute atomic E-state index is 0.0605. The monoisotopic (exact) mass is 529 g/mol. The number of aromatic nitrogens is 1. The second-order valence-electron chi connectivity index (χ2n) is 9.67. The lowest BCUT2D eigenvalue weighted by molar-refractivity contribution is 0.0356. The van der Waals surface area contributed by atoms with E-state index in [0.29, 0.717) is 12.1 Å². The molecule has 0 bridgehead atoms. The number of pyridine rings is 1. The fourth-order valence-electron chi connectivity index (χ4n) is 3.85. The summed E-state index contributed by atoms with van der Waals surface area (Å²) in [7, 11) is 5.29. The molecule has 0 unspecified atom stereocenters. The first-order chi connectivity index (χ1) is 18.0. The van der Waals surface area contributed by atoms with Crippen LogP contribution >= 0.6 is 0 Å².